The number of anilines is 1. The second-order valence-corrected chi connectivity index (χ2v) is 9.10. The largest absolute Gasteiger partial charge is 0.378 e. The molecular formula is C17H24Cl2N2O4S. The molecule has 146 valence electrons. The van der Waals surface area contributed by atoms with Gasteiger partial charge in [-0.25, -0.2) is 8.42 Å². The van der Waals surface area contributed by atoms with Crippen LogP contribution in [-0.4, -0.2) is 46.4 Å². The van der Waals surface area contributed by atoms with E-state index in [4.69, 9.17) is 27.9 Å². The highest BCUT2D eigenvalue weighted by atomic mass is 35.5. The second-order valence-electron chi connectivity index (χ2n) is 6.35. The number of halogens is 2. The third-order valence-electron chi connectivity index (χ3n) is 4.16. The van der Waals surface area contributed by atoms with Crippen molar-refractivity contribution in [3.63, 3.8) is 0 Å². The van der Waals surface area contributed by atoms with Gasteiger partial charge in [-0.3, -0.25) is 9.10 Å². The number of ether oxygens (including phenoxy) is 1. The number of rotatable bonds is 9. The van der Waals surface area contributed by atoms with Crippen molar-refractivity contribution >= 4 is 44.8 Å². The van der Waals surface area contributed by atoms with Crippen LogP contribution in [0.3, 0.4) is 0 Å². The molecule has 0 atom stereocenters. The highest BCUT2D eigenvalue weighted by Gasteiger charge is 2.23. The van der Waals surface area contributed by atoms with Gasteiger partial charge in [-0.1, -0.05) is 36.0 Å². The molecule has 0 saturated heterocycles. The van der Waals surface area contributed by atoms with Crippen LogP contribution in [0.2, 0.25) is 10.0 Å². The number of hydrogen-bond donors (Lipinski definition) is 1. The van der Waals surface area contributed by atoms with E-state index in [9.17, 15) is 13.2 Å². The quantitative estimate of drug-likeness (QED) is 0.619. The van der Waals surface area contributed by atoms with Crippen LogP contribution in [0.25, 0.3) is 0 Å². The molecule has 1 aromatic carbocycles. The van der Waals surface area contributed by atoms with Crippen LogP contribution in [-0.2, 0) is 19.6 Å². The standard InChI is InChI=1S/C17H24Cl2N2O4S/c1-26(23,24)21(16-8-7-13(18)11-15(16)19)12-17(22)20-9-4-10-25-14-5-2-3-6-14/h7-8,11,14H,2-6,9-10,12H2,1H3,(H,20,22). The highest BCUT2D eigenvalue weighted by molar-refractivity contribution is 7.92. The molecule has 6 nitrogen and oxygen atoms in total. The molecule has 1 amide bonds. The van der Waals surface area contributed by atoms with Gasteiger partial charge in [-0.2, -0.15) is 0 Å². The summed E-state index contributed by atoms with van der Waals surface area (Å²) in [6.07, 6.45) is 6.71. The average molecular weight is 423 g/mol. The monoisotopic (exact) mass is 422 g/mol. The highest BCUT2D eigenvalue weighted by Crippen LogP contribution is 2.30. The van der Waals surface area contributed by atoms with Gasteiger partial charge in [0.2, 0.25) is 15.9 Å². The van der Waals surface area contributed by atoms with Crippen LogP contribution in [0, 0.1) is 0 Å². The number of amides is 1. The molecular weight excluding hydrogens is 399 g/mol. The van der Waals surface area contributed by atoms with Gasteiger partial charge in [0.15, 0.2) is 0 Å². The Hall–Kier alpha value is -1.02. The Morgan fingerprint density at radius 2 is 2.00 bits per heavy atom. The van der Waals surface area contributed by atoms with Crippen molar-refractivity contribution in [3.8, 4) is 0 Å². The number of carbonyl (C=O) groups excluding carboxylic acids is 1. The van der Waals surface area contributed by atoms with Crippen LogP contribution < -0.4 is 9.62 Å². The first kappa shape index (κ1) is 21.3. The lowest BCUT2D eigenvalue weighted by Gasteiger charge is -2.23. The molecule has 0 spiro atoms. The Bertz CT molecular complexity index is 721. The molecule has 9 heteroatoms. The second kappa shape index (κ2) is 9.78. The van der Waals surface area contributed by atoms with E-state index in [1.54, 1.807) is 0 Å². The molecule has 1 aliphatic rings. The summed E-state index contributed by atoms with van der Waals surface area (Å²) in [5, 5.41) is 3.27. The van der Waals surface area contributed by atoms with Gasteiger partial charge in [0.05, 0.1) is 23.1 Å². The van der Waals surface area contributed by atoms with Gasteiger partial charge in [0, 0.05) is 18.2 Å². The SMILES string of the molecule is CS(=O)(=O)N(CC(=O)NCCCOC1CCCC1)c1ccc(Cl)cc1Cl. The van der Waals surface area contributed by atoms with Crippen molar-refractivity contribution in [2.24, 2.45) is 0 Å². The fourth-order valence-electron chi connectivity index (χ4n) is 2.86. The summed E-state index contributed by atoms with van der Waals surface area (Å²) in [4.78, 5) is 12.1. The average Bonchev–Trinajstić information content (AvgIpc) is 3.05. The Balaban J connectivity index is 1.84. The maximum Gasteiger partial charge on any atom is 0.240 e. The number of hydrogen-bond acceptors (Lipinski definition) is 4. The number of sulfonamides is 1. The molecule has 1 aromatic rings. The van der Waals surface area contributed by atoms with E-state index in [0.717, 1.165) is 23.4 Å². The lowest BCUT2D eigenvalue weighted by atomic mass is 10.3. The van der Waals surface area contributed by atoms with E-state index in [1.165, 1.54) is 31.0 Å². The van der Waals surface area contributed by atoms with E-state index >= 15 is 0 Å². The topological polar surface area (TPSA) is 75.7 Å². The van der Waals surface area contributed by atoms with Crippen molar-refractivity contribution in [1.82, 2.24) is 5.32 Å². The minimum atomic E-state index is -3.67. The van der Waals surface area contributed by atoms with Crippen LogP contribution in [0.4, 0.5) is 5.69 Å². The van der Waals surface area contributed by atoms with Gasteiger partial charge in [-0.05, 0) is 37.5 Å². The Labute approximate surface area is 164 Å². The summed E-state index contributed by atoms with van der Waals surface area (Å²) >= 11 is 11.9. The fraction of sp³-hybridized carbons (Fsp3) is 0.588. The first-order valence-corrected chi connectivity index (χ1v) is 11.2. The minimum absolute atomic E-state index is 0.167. The van der Waals surface area contributed by atoms with Crippen LogP contribution in [0.5, 0.6) is 0 Å². The lowest BCUT2D eigenvalue weighted by Crippen LogP contribution is -2.41. The van der Waals surface area contributed by atoms with Crippen LogP contribution >= 0.6 is 23.2 Å². The van der Waals surface area contributed by atoms with E-state index < -0.39 is 15.9 Å². The molecule has 1 saturated carbocycles. The van der Waals surface area contributed by atoms with Gasteiger partial charge in [-0.15, -0.1) is 0 Å². The number of nitrogens with one attached hydrogen (secondary N) is 1. The molecule has 0 radical (unpaired) electrons. The molecule has 0 aliphatic heterocycles. The van der Waals surface area contributed by atoms with E-state index in [1.807, 2.05) is 0 Å². The maximum absolute atomic E-state index is 12.1. The minimum Gasteiger partial charge on any atom is -0.378 e. The van der Waals surface area contributed by atoms with Crippen molar-refractivity contribution in [2.45, 2.75) is 38.2 Å². The summed E-state index contributed by atoms with van der Waals surface area (Å²) in [5.74, 6) is -0.401. The molecule has 2 rings (SSSR count). The fourth-order valence-corrected chi connectivity index (χ4v) is 4.28. The zero-order valence-corrected chi connectivity index (χ0v) is 17.0. The maximum atomic E-state index is 12.1. The Morgan fingerprint density at radius 1 is 1.31 bits per heavy atom. The third-order valence-corrected chi connectivity index (χ3v) is 5.83. The first-order chi connectivity index (χ1) is 12.3. The summed E-state index contributed by atoms with van der Waals surface area (Å²) in [6.45, 7) is 0.672. The summed E-state index contributed by atoms with van der Waals surface area (Å²) in [7, 11) is -3.67. The van der Waals surface area contributed by atoms with Gasteiger partial charge in [0.25, 0.3) is 0 Å². The van der Waals surface area contributed by atoms with Crippen molar-refractivity contribution in [1.29, 1.82) is 0 Å². The van der Waals surface area contributed by atoms with Crippen molar-refractivity contribution < 1.29 is 17.9 Å². The molecule has 1 fully saturated rings. The third kappa shape index (κ3) is 6.61. The van der Waals surface area contributed by atoms with Crippen molar-refractivity contribution in [2.75, 3.05) is 30.3 Å². The molecule has 1 aliphatic carbocycles. The molecule has 26 heavy (non-hydrogen) atoms. The summed E-state index contributed by atoms with van der Waals surface area (Å²) in [5.41, 5.74) is 0.221. The lowest BCUT2D eigenvalue weighted by molar-refractivity contribution is -0.119. The van der Waals surface area contributed by atoms with Crippen molar-refractivity contribution in [3.05, 3.63) is 28.2 Å². The first-order valence-electron chi connectivity index (χ1n) is 8.58. The van der Waals surface area contributed by atoms with E-state index in [-0.39, 0.29) is 17.3 Å². The predicted molar refractivity (Wildman–Crippen MR) is 104 cm³/mol. The van der Waals surface area contributed by atoms with E-state index in [0.29, 0.717) is 30.7 Å². The summed E-state index contributed by atoms with van der Waals surface area (Å²) in [6, 6.07) is 4.45. The predicted octanol–water partition coefficient (Wildman–Crippen LogP) is 3.22. The molecule has 1 N–H and O–H groups in total. The zero-order valence-electron chi connectivity index (χ0n) is 14.7. The molecule has 0 heterocycles. The molecule has 0 bridgehead atoms. The van der Waals surface area contributed by atoms with Crippen LogP contribution in [0.1, 0.15) is 32.1 Å². The molecule has 0 unspecified atom stereocenters. The van der Waals surface area contributed by atoms with Crippen LogP contribution in [0.15, 0.2) is 18.2 Å². The Morgan fingerprint density at radius 3 is 2.62 bits per heavy atom. The number of carbonyl (C=O) groups is 1. The number of benzene rings is 1. The normalized spacial score (nSPS) is 15.2. The van der Waals surface area contributed by atoms with E-state index in [2.05, 4.69) is 5.32 Å². The Kier molecular flexibility index (Phi) is 8.01. The number of nitrogens with zero attached hydrogens (tertiary/aromatic N) is 1. The van der Waals surface area contributed by atoms with Gasteiger partial charge in [0.1, 0.15) is 6.54 Å². The van der Waals surface area contributed by atoms with Gasteiger partial charge < -0.3 is 10.1 Å². The zero-order chi connectivity index (χ0) is 19.2. The smallest absolute Gasteiger partial charge is 0.240 e. The van der Waals surface area contributed by atoms with Gasteiger partial charge >= 0.3 is 0 Å². The summed E-state index contributed by atoms with van der Waals surface area (Å²) < 4.78 is 30.8. The molecule has 0 aromatic heterocycles.